The number of carbonyl (C=O) groups is 2. The number of aromatic hydroxyl groups is 1. The minimum Gasteiger partial charge on any atom is -0.505 e. The zero-order valence-electron chi connectivity index (χ0n) is 19.9. The molecule has 4 N–H and O–H groups in total. The molecule has 0 aliphatic heterocycles. The average Bonchev–Trinajstić information content (AvgIpc) is 2.76. The molecule has 0 spiro atoms. The maximum absolute atomic E-state index is 12.8. The van der Waals surface area contributed by atoms with Gasteiger partial charge in [-0.15, -0.1) is 0 Å². The number of aromatic nitrogens is 1. The van der Waals surface area contributed by atoms with E-state index in [1.165, 1.54) is 17.7 Å². The summed E-state index contributed by atoms with van der Waals surface area (Å²) in [7, 11) is 1.52. The van der Waals surface area contributed by atoms with Crippen molar-refractivity contribution >= 4 is 17.7 Å². The highest BCUT2D eigenvalue weighted by Gasteiger charge is 2.23. The van der Waals surface area contributed by atoms with Crippen molar-refractivity contribution < 1.29 is 19.8 Å². The molecule has 2 aromatic carbocycles. The molecule has 1 aromatic heterocycles. The Morgan fingerprint density at radius 2 is 1.71 bits per heavy atom. The van der Waals surface area contributed by atoms with Crippen molar-refractivity contribution in [3.8, 4) is 16.9 Å². The molecule has 1 atom stereocenters. The van der Waals surface area contributed by atoms with Gasteiger partial charge >= 0.3 is 12.0 Å². The number of carbonyl (C=O) groups excluding carboxylic acids is 1. The Labute approximate surface area is 197 Å². The number of carboxylic acids is 1. The Balaban J connectivity index is 2.00. The molecule has 3 aromatic rings. The van der Waals surface area contributed by atoms with Gasteiger partial charge in [0, 0.05) is 18.8 Å². The van der Waals surface area contributed by atoms with E-state index in [9.17, 15) is 24.6 Å². The quantitative estimate of drug-likeness (QED) is 0.434. The summed E-state index contributed by atoms with van der Waals surface area (Å²) in [6.45, 7) is 7.47. The molecular weight excluding hydrogens is 434 g/mol. The van der Waals surface area contributed by atoms with E-state index in [0.29, 0.717) is 11.3 Å². The van der Waals surface area contributed by atoms with Gasteiger partial charge in [0.25, 0.3) is 5.56 Å². The number of hydrogen-bond donors (Lipinski definition) is 4. The second kappa shape index (κ2) is 9.82. The highest BCUT2D eigenvalue weighted by atomic mass is 16.4. The third-order valence-corrected chi connectivity index (χ3v) is 5.97. The third kappa shape index (κ3) is 5.11. The maximum atomic E-state index is 12.8. The van der Waals surface area contributed by atoms with E-state index in [-0.39, 0.29) is 17.9 Å². The van der Waals surface area contributed by atoms with Crippen LogP contribution in [0.25, 0.3) is 11.1 Å². The van der Waals surface area contributed by atoms with Crippen LogP contribution in [0, 0.1) is 27.7 Å². The monoisotopic (exact) mass is 463 g/mol. The molecule has 3 rings (SSSR count). The van der Waals surface area contributed by atoms with Crippen LogP contribution in [0.3, 0.4) is 0 Å². The van der Waals surface area contributed by atoms with Crippen molar-refractivity contribution in [1.82, 2.24) is 9.88 Å². The predicted octanol–water partition coefficient (Wildman–Crippen LogP) is 4.33. The summed E-state index contributed by atoms with van der Waals surface area (Å²) in [4.78, 5) is 36.9. The van der Waals surface area contributed by atoms with Gasteiger partial charge in [-0.2, -0.15) is 0 Å². The summed E-state index contributed by atoms with van der Waals surface area (Å²) < 4.78 is 1.29. The lowest BCUT2D eigenvalue weighted by atomic mass is 9.88. The third-order valence-electron chi connectivity index (χ3n) is 5.97. The van der Waals surface area contributed by atoms with Crippen LogP contribution in [0.4, 0.5) is 10.5 Å². The molecule has 178 valence electrons. The summed E-state index contributed by atoms with van der Waals surface area (Å²) >= 11 is 0. The van der Waals surface area contributed by atoms with Crippen LogP contribution in [0.15, 0.2) is 47.3 Å². The number of urea groups is 1. The number of aryl methyl sites for hydroxylation is 3. The topological polar surface area (TPSA) is 121 Å². The van der Waals surface area contributed by atoms with E-state index in [1.54, 1.807) is 6.92 Å². The first-order valence-corrected chi connectivity index (χ1v) is 10.9. The van der Waals surface area contributed by atoms with Crippen molar-refractivity contribution in [2.75, 3.05) is 5.32 Å². The molecule has 0 bridgehead atoms. The zero-order chi connectivity index (χ0) is 25.2. The zero-order valence-corrected chi connectivity index (χ0v) is 19.9. The van der Waals surface area contributed by atoms with Gasteiger partial charge in [0.05, 0.1) is 12.5 Å². The number of rotatable bonds is 6. The predicted molar refractivity (Wildman–Crippen MR) is 131 cm³/mol. The lowest BCUT2D eigenvalue weighted by Crippen LogP contribution is -2.36. The van der Waals surface area contributed by atoms with Crippen molar-refractivity contribution in [3.05, 3.63) is 80.8 Å². The van der Waals surface area contributed by atoms with Crippen LogP contribution in [0.1, 0.15) is 40.4 Å². The summed E-state index contributed by atoms with van der Waals surface area (Å²) in [5, 5.41) is 24.7. The Morgan fingerprint density at radius 3 is 2.35 bits per heavy atom. The molecule has 1 heterocycles. The molecule has 8 nitrogen and oxygen atoms in total. The van der Waals surface area contributed by atoms with Crippen molar-refractivity contribution in [2.45, 2.75) is 40.2 Å². The number of amides is 2. The van der Waals surface area contributed by atoms with Gasteiger partial charge in [-0.25, -0.2) is 4.79 Å². The number of aliphatic carboxylic acids is 1. The molecule has 8 heteroatoms. The highest BCUT2D eigenvalue weighted by Crippen LogP contribution is 2.33. The molecule has 0 radical (unpaired) electrons. The number of nitrogens with one attached hydrogen (secondary N) is 2. The van der Waals surface area contributed by atoms with Crippen LogP contribution in [-0.2, 0) is 11.8 Å². The summed E-state index contributed by atoms with van der Waals surface area (Å²) in [5.41, 5.74) is 5.16. The number of carboxylic acid groups (broad SMARTS) is 1. The van der Waals surface area contributed by atoms with Crippen molar-refractivity contribution in [3.63, 3.8) is 0 Å². The first-order chi connectivity index (χ1) is 16.0. The van der Waals surface area contributed by atoms with E-state index in [4.69, 9.17) is 0 Å². The van der Waals surface area contributed by atoms with Crippen LogP contribution in [-0.4, -0.2) is 26.8 Å². The Bertz CT molecular complexity index is 1330. The first kappa shape index (κ1) is 24.6. The smallest absolute Gasteiger partial charge is 0.319 e. The second-order valence-electron chi connectivity index (χ2n) is 8.50. The molecule has 0 saturated heterocycles. The van der Waals surface area contributed by atoms with Crippen molar-refractivity contribution in [1.29, 1.82) is 0 Å². The molecule has 0 fully saturated rings. The minimum absolute atomic E-state index is 0.277. The number of hydrogen-bond acceptors (Lipinski definition) is 4. The number of pyridine rings is 1. The van der Waals surface area contributed by atoms with Gasteiger partial charge < -0.3 is 25.4 Å². The number of benzene rings is 2. The second-order valence-corrected chi connectivity index (χ2v) is 8.50. The molecular formula is C26H29N3O5. The SMILES string of the molecule is Cc1cc(-c2ccccc2C)c(C)c([C@H](CC(=O)O)NC(=O)Nc2c(O)cc(C)n(C)c2=O)c1. The molecule has 0 saturated carbocycles. The first-order valence-electron chi connectivity index (χ1n) is 10.9. The summed E-state index contributed by atoms with van der Waals surface area (Å²) in [5.74, 6) is -1.45. The average molecular weight is 464 g/mol. The fraction of sp³-hybridized carbons (Fsp3) is 0.269. The molecule has 0 aliphatic rings. The van der Waals surface area contributed by atoms with Gasteiger partial charge in [-0.05, 0) is 55.5 Å². The number of nitrogens with zero attached hydrogens (tertiary/aromatic N) is 1. The molecule has 0 unspecified atom stereocenters. The minimum atomic E-state index is -1.09. The Morgan fingerprint density at radius 1 is 1.03 bits per heavy atom. The van der Waals surface area contributed by atoms with Crippen LogP contribution < -0.4 is 16.2 Å². The van der Waals surface area contributed by atoms with Crippen LogP contribution in [0.2, 0.25) is 0 Å². The Hall–Kier alpha value is -4.07. The van der Waals surface area contributed by atoms with E-state index in [1.807, 2.05) is 57.2 Å². The largest absolute Gasteiger partial charge is 0.505 e. The van der Waals surface area contributed by atoms with Gasteiger partial charge in [-0.3, -0.25) is 9.59 Å². The summed E-state index contributed by atoms with van der Waals surface area (Å²) in [6, 6.07) is 11.5. The van der Waals surface area contributed by atoms with Gasteiger partial charge in [-0.1, -0.05) is 42.0 Å². The molecule has 2 amide bonds. The van der Waals surface area contributed by atoms with Gasteiger partial charge in [0.15, 0.2) is 5.69 Å². The lowest BCUT2D eigenvalue weighted by Gasteiger charge is -2.23. The molecule has 0 aliphatic carbocycles. The Kier molecular flexibility index (Phi) is 7.10. The van der Waals surface area contributed by atoms with Crippen molar-refractivity contribution in [2.24, 2.45) is 7.05 Å². The van der Waals surface area contributed by atoms with Crippen LogP contribution >= 0.6 is 0 Å². The number of anilines is 1. The fourth-order valence-corrected chi connectivity index (χ4v) is 4.05. The highest BCUT2D eigenvalue weighted by molar-refractivity contribution is 5.91. The van der Waals surface area contributed by atoms with Gasteiger partial charge in [0.1, 0.15) is 5.75 Å². The van der Waals surface area contributed by atoms with E-state index >= 15 is 0 Å². The van der Waals surface area contributed by atoms with E-state index in [0.717, 1.165) is 27.8 Å². The normalized spacial score (nSPS) is 11.7. The van der Waals surface area contributed by atoms with Crippen LogP contribution in [0.5, 0.6) is 5.75 Å². The standard InChI is InChI=1S/C26H29N3O5/c1-14-10-19(18-9-7-6-8-15(18)2)17(4)20(11-14)21(13-23(31)32)27-26(34)28-24-22(30)12-16(3)29(5)25(24)33/h6-12,21,30H,13H2,1-5H3,(H,31,32)(H2,27,28,34)/t21-/m0/s1. The summed E-state index contributed by atoms with van der Waals surface area (Å²) in [6.07, 6.45) is -0.358. The van der Waals surface area contributed by atoms with E-state index in [2.05, 4.69) is 10.6 Å². The van der Waals surface area contributed by atoms with Gasteiger partial charge in [0.2, 0.25) is 0 Å². The molecule has 34 heavy (non-hydrogen) atoms. The fourth-order valence-electron chi connectivity index (χ4n) is 4.05. The van der Waals surface area contributed by atoms with E-state index < -0.39 is 23.6 Å². The maximum Gasteiger partial charge on any atom is 0.319 e. The lowest BCUT2D eigenvalue weighted by molar-refractivity contribution is -0.137.